The molecule has 0 unspecified atom stereocenters. The summed E-state index contributed by atoms with van der Waals surface area (Å²) in [5.74, 6) is 1.50. The fourth-order valence-corrected chi connectivity index (χ4v) is 1.91. The van der Waals surface area contributed by atoms with Crippen molar-refractivity contribution >= 4 is 0 Å². The first-order valence-corrected chi connectivity index (χ1v) is 5.90. The summed E-state index contributed by atoms with van der Waals surface area (Å²) in [5.41, 5.74) is 2.31. The van der Waals surface area contributed by atoms with Crippen molar-refractivity contribution in [1.82, 2.24) is 20.6 Å². The molecular weight excluding hydrogens is 228 g/mol. The van der Waals surface area contributed by atoms with E-state index in [2.05, 4.69) is 47.5 Å². The molecule has 0 atom stereocenters. The number of benzene rings is 1. The van der Waals surface area contributed by atoms with Crippen molar-refractivity contribution in [2.45, 2.75) is 27.2 Å². The third-order valence-electron chi connectivity index (χ3n) is 2.60. The Morgan fingerprint density at radius 3 is 2.61 bits per heavy atom. The maximum Gasteiger partial charge on any atom is 0.204 e. The van der Waals surface area contributed by atoms with Crippen molar-refractivity contribution in [1.29, 1.82) is 0 Å². The summed E-state index contributed by atoms with van der Waals surface area (Å²) in [5, 5.41) is 14.0. The maximum absolute atomic E-state index is 5.40. The Labute approximate surface area is 107 Å². The fraction of sp³-hybridized carbons (Fsp3) is 0.462. The molecule has 96 valence electrons. The average molecular weight is 246 g/mol. The summed E-state index contributed by atoms with van der Waals surface area (Å²) in [6, 6.07) is 5.96. The van der Waals surface area contributed by atoms with Crippen molar-refractivity contribution in [3.63, 3.8) is 0 Å². The molecule has 0 saturated heterocycles. The first kappa shape index (κ1) is 12.5. The number of ether oxygens (including phenoxy) is 1. The number of rotatable bonds is 3. The first-order chi connectivity index (χ1) is 8.49. The van der Waals surface area contributed by atoms with E-state index in [1.165, 1.54) is 0 Å². The van der Waals surface area contributed by atoms with E-state index in [-0.39, 0.29) is 5.41 Å². The van der Waals surface area contributed by atoms with Gasteiger partial charge in [-0.2, -0.15) is 5.21 Å². The molecule has 1 N–H and O–H groups in total. The van der Waals surface area contributed by atoms with Crippen molar-refractivity contribution in [2.24, 2.45) is 5.41 Å². The van der Waals surface area contributed by atoms with Crippen LogP contribution in [-0.4, -0.2) is 27.7 Å². The minimum atomic E-state index is 0.198. The van der Waals surface area contributed by atoms with Gasteiger partial charge in [0.15, 0.2) is 0 Å². The largest absolute Gasteiger partial charge is 0.496 e. The van der Waals surface area contributed by atoms with Crippen molar-refractivity contribution in [3.8, 4) is 17.1 Å². The van der Waals surface area contributed by atoms with Crippen LogP contribution in [0.1, 0.15) is 26.3 Å². The van der Waals surface area contributed by atoms with E-state index in [1.807, 2.05) is 12.1 Å². The van der Waals surface area contributed by atoms with Gasteiger partial charge in [0, 0.05) is 5.56 Å². The number of aromatic nitrogens is 4. The van der Waals surface area contributed by atoms with Gasteiger partial charge in [-0.3, -0.25) is 0 Å². The second-order valence-electron chi connectivity index (χ2n) is 5.50. The third-order valence-corrected chi connectivity index (χ3v) is 2.60. The van der Waals surface area contributed by atoms with Crippen LogP contribution in [0.3, 0.4) is 0 Å². The van der Waals surface area contributed by atoms with Crippen LogP contribution in [0, 0.1) is 5.41 Å². The Kier molecular flexibility index (Phi) is 3.32. The van der Waals surface area contributed by atoms with Crippen LogP contribution in [0.2, 0.25) is 0 Å². The molecule has 0 saturated carbocycles. The first-order valence-electron chi connectivity index (χ1n) is 5.90. The van der Waals surface area contributed by atoms with Gasteiger partial charge < -0.3 is 4.74 Å². The van der Waals surface area contributed by atoms with Crippen LogP contribution in [0.5, 0.6) is 5.75 Å². The fourth-order valence-electron chi connectivity index (χ4n) is 1.91. The molecule has 0 spiro atoms. The van der Waals surface area contributed by atoms with Crippen LogP contribution in [0.25, 0.3) is 11.4 Å². The van der Waals surface area contributed by atoms with Crippen molar-refractivity contribution in [2.75, 3.05) is 7.11 Å². The van der Waals surface area contributed by atoms with Gasteiger partial charge in [0.1, 0.15) is 5.75 Å². The number of nitrogens with one attached hydrogen (secondary N) is 1. The number of aromatic amines is 1. The summed E-state index contributed by atoms with van der Waals surface area (Å²) in [6.45, 7) is 6.61. The lowest BCUT2D eigenvalue weighted by Gasteiger charge is -2.20. The SMILES string of the molecule is COc1ccc(-c2nn[nH]n2)cc1CC(C)(C)C. The van der Waals surface area contributed by atoms with E-state index in [0.29, 0.717) is 5.82 Å². The van der Waals surface area contributed by atoms with Crippen LogP contribution in [0.15, 0.2) is 18.2 Å². The highest BCUT2D eigenvalue weighted by Crippen LogP contribution is 2.30. The van der Waals surface area contributed by atoms with E-state index in [9.17, 15) is 0 Å². The zero-order chi connectivity index (χ0) is 13.2. The predicted octanol–water partition coefficient (Wildman–Crippen LogP) is 2.46. The zero-order valence-electron chi connectivity index (χ0n) is 11.2. The lowest BCUT2D eigenvalue weighted by Crippen LogP contribution is -2.10. The Morgan fingerprint density at radius 1 is 1.28 bits per heavy atom. The molecule has 5 nitrogen and oxygen atoms in total. The van der Waals surface area contributed by atoms with Gasteiger partial charge >= 0.3 is 0 Å². The second-order valence-corrected chi connectivity index (χ2v) is 5.50. The molecular formula is C13H18N4O. The standard InChI is InChI=1S/C13H18N4O/c1-13(2,3)8-10-7-9(5-6-11(10)18-4)12-14-16-17-15-12/h5-7H,8H2,1-4H3,(H,14,15,16,17). The Hall–Kier alpha value is -1.91. The number of tetrazole rings is 1. The molecule has 2 rings (SSSR count). The number of H-pyrrole nitrogens is 1. The molecule has 18 heavy (non-hydrogen) atoms. The van der Waals surface area contributed by atoms with Crippen molar-refractivity contribution < 1.29 is 4.74 Å². The molecule has 0 radical (unpaired) electrons. The van der Waals surface area contributed by atoms with Gasteiger partial charge in [0.25, 0.3) is 0 Å². The Balaban J connectivity index is 2.39. The van der Waals surface area contributed by atoms with Crippen molar-refractivity contribution in [3.05, 3.63) is 23.8 Å². The zero-order valence-corrected chi connectivity index (χ0v) is 11.2. The van der Waals surface area contributed by atoms with Gasteiger partial charge in [-0.15, -0.1) is 10.2 Å². The summed E-state index contributed by atoms with van der Waals surface area (Å²) in [7, 11) is 1.69. The molecule has 0 fully saturated rings. The summed E-state index contributed by atoms with van der Waals surface area (Å²) in [6.07, 6.45) is 0.932. The van der Waals surface area contributed by atoms with E-state index < -0.39 is 0 Å². The predicted molar refractivity (Wildman–Crippen MR) is 69.3 cm³/mol. The molecule has 1 heterocycles. The van der Waals surface area contributed by atoms with Gasteiger partial charge in [-0.1, -0.05) is 20.8 Å². The van der Waals surface area contributed by atoms with E-state index in [0.717, 1.165) is 23.3 Å². The normalized spacial score (nSPS) is 11.6. The molecule has 1 aromatic carbocycles. The molecule has 2 aromatic rings. The second kappa shape index (κ2) is 4.76. The molecule has 0 bridgehead atoms. The number of hydrogen-bond donors (Lipinski definition) is 1. The van der Waals surface area contributed by atoms with Gasteiger partial charge in [-0.25, -0.2) is 0 Å². The van der Waals surface area contributed by atoms with Gasteiger partial charge in [0.2, 0.25) is 5.82 Å². The molecule has 1 aromatic heterocycles. The average Bonchev–Trinajstić information content (AvgIpc) is 2.80. The Bertz CT molecular complexity index is 514. The lowest BCUT2D eigenvalue weighted by molar-refractivity contribution is 0.379. The third kappa shape index (κ3) is 2.85. The van der Waals surface area contributed by atoms with Gasteiger partial charge in [0.05, 0.1) is 7.11 Å². The van der Waals surface area contributed by atoms with Crippen LogP contribution in [0.4, 0.5) is 0 Å². The Morgan fingerprint density at radius 2 is 2.06 bits per heavy atom. The van der Waals surface area contributed by atoms with Crippen LogP contribution >= 0.6 is 0 Å². The summed E-state index contributed by atoms with van der Waals surface area (Å²) < 4.78 is 5.40. The highest BCUT2D eigenvalue weighted by Gasteiger charge is 2.16. The van der Waals surface area contributed by atoms with Gasteiger partial charge in [-0.05, 0) is 40.8 Å². The maximum atomic E-state index is 5.40. The highest BCUT2D eigenvalue weighted by molar-refractivity contribution is 5.58. The molecule has 0 amide bonds. The topological polar surface area (TPSA) is 63.7 Å². The number of hydrogen-bond acceptors (Lipinski definition) is 4. The van der Waals surface area contributed by atoms with Crippen LogP contribution in [-0.2, 0) is 6.42 Å². The van der Waals surface area contributed by atoms with E-state index in [4.69, 9.17) is 4.74 Å². The monoisotopic (exact) mass is 246 g/mol. The smallest absolute Gasteiger partial charge is 0.204 e. The molecule has 0 aliphatic heterocycles. The number of methoxy groups -OCH3 is 1. The highest BCUT2D eigenvalue weighted by atomic mass is 16.5. The lowest BCUT2D eigenvalue weighted by atomic mass is 9.87. The van der Waals surface area contributed by atoms with E-state index >= 15 is 0 Å². The van der Waals surface area contributed by atoms with Crippen LogP contribution < -0.4 is 4.74 Å². The molecule has 0 aliphatic rings. The minimum Gasteiger partial charge on any atom is -0.496 e. The summed E-state index contributed by atoms with van der Waals surface area (Å²) in [4.78, 5) is 0. The summed E-state index contributed by atoms with van der Waals surface area (Å²) >= 11 is 0. The number of nitrogens with zero attached hydrogens (tertiary/aromatic N) is 3. The molecule has 0 aliphatic carbocycles. The quantitative estimate of drug-likeness (QED) is 0.903. The molecule has 5 heteroatoms. The minimum absolute atomic E-state index is 0.198. The van der Waals surface area contributed by atoms with E-state index in [1.54, 1.807) is 7.11 Å².